The Morgan fingerprint density at radius 3 is 2.60 bits per heavy atom. The van der Waals surface area contributed by atoms with Crippen LogP contribution in [-0.2, 0) is 6.54 Å². The highest BCUT2D eigenvalue weighted by molar-refractivity contribution is 9.09. The summed E-state index contributed by atoms with van der Waals surface area (Å²) in [7, 11) is 0. The first kappa shape index (κ1) is 12.6. The lowest BCUT2D eigenvalue weighted by Gasteiger charge is -2.17. The summed E-state index contributed by atoms with van der Waals surface area (Å²) in [5, 5.41) is 19.2. The minimum atomic E-state index is -1.24. The number of rotatable bonds is 4. The van der Waals surface area contributed by atoms with Crippen LogP contribution in [0.2, 0.25) is 0 Å². The molecule has 0 aromatic heterocycles. The number of alkyl halides is 1. The van der Waals surface area contributed by atoms with Crippen LogP contribution in [0.3, 0.4) is 0 Å². The zero-order chi connectivity index (χ0) is 11.4. The van der Waals surface area contributed by atoms with Crippen LogP contribution in [0.4, 0.5) is 4.39 Å². The summed E-state index contributed by atoms with van der Waals surface area (Å²) >= 11 is 3.02. The van der Waals surface area contributed by atoms with Gasteiger partial charge in [-0.15, -0.1) is 0 Å². The van der Waals surface area contributed by atoms with E-state index in [-0.39, 0.29) is 17.4 Å². The average molecular weight is 278 g/mol. The number of aliphatic hydroxyl groups excluding tert-OH is 2. The van der Waals surface area contributed by atoms with E-state index in [1.54, 1.807) is 6.07 Å². The van der Waals surface area contributed by atoms with Crippen LogP contribution >= 0.6 is 15.9 Å². The van der Waals surface area contributed by atoms with E-state index in [4.69, 9.17) is 5.73 Å². The fraction of sp³-hybridized carbons (Fsp3) is 0.400. The lowest BCUT2D eigenvalue weighted by atomic mass is 10.0. The molecule has 2 unspecified atom stereocenters. The minimum Gasteiger partial charge on any atom is -0.389 e. The Balaban J connectivity index is 3.01. The van der Waals surface area contributed by atoms with Crippen molar-refractivity contribution in [1.29, 1.82) is 0 Å². The molecule has 84 valence electrons. The van der Waals surface area contributed by atoms with E-state index < -0.39 is 18.0 Å². The molecule has 15 heavy (non-hydrogen) atoms. The molecule has 2 atom stereocenters. The van der Waals surface area contributed by atoms with Crippen molar-refractivity contribution in [1.82, 2.24) is 0 Å². The molecule has 1 aromatic carbocycles. The van der Waals surface area contributed by atoms with Crippen LogP contribution in [0.5, 0.6) is 0 Å². The Hall–Kier alpha value is -0.490. The standard InChI is InChI=1S/C10H13BrFNO2/c11-4-9(14)10(15)7-3-6(5-13)1-2-8(7)12/h1-3,9-10,14-15H,4-5,13H2. The van der Waals surface area contributed by atoms with Crippen molar-refractivity contribution >= 4 is 15.9 Å². The summed E-state index contributed by atoms with van der Waals surface area (Å²) < 4.78 is 13.3. The first-order valence-electron chi connectivity index (χ1n) is 4.50. The van der Waals surface area contributed by atoms with Gasteiger partial charge >= 0.3 is 0 Å². The molecule has 4 N–H and O–H groups in total. The Morgan fingerprint density at radius 1 is 1.40 bits per heavy atom. The highest BCUT2D eigenvalue weighted by Crippen LogP contribution is 2.22. The van der Waals surface area contributed by atoms with Gasteiger partial charge in [0.2, 0.25) is 0 Å². The van der Waals surface area contributed by atoms with E-state index in [1.165, 1.54) is 12.1 Å². The molecule has 0 bridgehead atoms. The molecule has 1 rings (SSSR count). The van der Waals surface area contributed by atoms with Gasteiger partial charge in [0.25, 0.3) is 0 Å². The SMILES string of the molecule is NCc1ccc(F)c(C(O)C(O)CBr)c1. The molecule has 5 heteroatoms. The van der Waals surface area contributed by atoms with E-state index >= 15 is 0 Å². The summed E-state index contributed by atoms with van der Waals surface area (Å²) in [6, 6.07) is 4.25. The highest BCUT2D eigenvalue weighted by atomic mass is 79.9. The number of hydrogen-bond donors (Lipinski definition) is 3. The molecule has 0 saturated heterocycles. The fourth-order valence-electron chi connectivity index (χ4n) is 1.24. The van der Waals surface area contributed by atoms with Gasteiger partial charge in [0.05, 0.1) is 6.10 Å². The average Bonchev–Trinajstić information content (AvgIpc) is 2.27. The molecular weight excluding hydrogens is 265 g/mol. The smallest absolute Gasteiger partial charge is 0.129 e. The molecule has 0 amide bonds. The minimum absolute atomic E-state index is 0.0740. The van der Waals surface area contributed by atoms with E-state index in [0.29, 0.717) is 5.56 Å². The molecule has 0 fully saturated rings. The molecule has 0 saturated carbocycles. The molecule has 1 aromatic rings. The largest absolute Gasteiger partial charge is 0.389 e. The monoisotopic (exact) mass is 277 g/mol. The summed E-state index contributed by atoms with van der Waals surface area (Å²) in [5.74, 6) is -0.542. The number of hydrogen-bond acceptors (Lipinski definition) is 3. The van der Waals surface area contributed by atoms with Crippen LogP contribution in [0, 0.1) is 5.82 Å². The van der Waals surface area contributed by atoms with Crippen LogP contribution in [0.25, 0.3) is 0 Å². The summed E-state index contributed by atoms with van der Waals surface area (Å²) in [6.07, 6.45) is -2.27. The number of nitrogens with two attached hydrogens (primary N) is 1. The summed E-state index contributed by atoms with van der Waals surface area (Å²) in [4.78, 5) is 0. The predicted octanol–water partition coefficient (Wildman–Crippen LogP) is 1.07. The van der Waals surface area contributed by atoms with Gasteiger partial charge in [0, 0.05) is 17.4 Å². The van der Waals surface area contributed by atoms with Crippen molar-refractivity contribution in [3.63, 3.8) is 0 Å². The molecule has 0 aliphatic rings. The molecule has 0 aliphatic carbocycles. The van der Waals surface area contributed by atoms with Gasteiger partial charge in [-0.1, -0.05) is 22.0 Å². The van der Waals surface area contributed by atoms with E-state index in [2.05, 4.69) is 15.9 Å². The van der Waals surface area contributed by atoms with E-state index in [9.17, 15) is 14.6 Å². The molecule has 0 aliphatic heterocycles. The Bertz CT molecular complexity index is 335. The van der Waals surface area contributed by atoms with Crippen LogP contribution in [0.1, 0.15) is 17.2 Å². The van der Waals surface area contributed by atoms with Gasteiger partial charge in [-0.25, -0.2) is 4.39 Å². The van der Waals surface area contributed by atoms with Crippen molar-refractivity contribution < 1.29 is 14.6 Å². The topological polar surface area (TPSA) is 66.5 Å². The van der Waals surface area contributed by atoms with Crippen LogP contribution in [0.15, 0.2) is 18.2 Å². The maximum absolute atomic E-state index is 13.3. The number of benzene rings is 1. The summed E-state index contributed by atoms with van der Waals surface area (Å²) in [6.45, 7) is 0.268. The molecule has 0 radical (unpaired) electrons. The molecule has 0 spiro atoms. The van der Waals surface area contributed by atoms with Crippen molar-refractivity contribution in [2.75, 3.05) is 5.33 Å². The normalized spacial score (nSPS) is 15.0. The fourth-order valence-corrected chi connectivity index (χ4v) is 1.59. The Morgan fingerprint density at radius 2 is 2.07 bits per heavy atom. The van der Waals surface area contributed by atoms with Gasteiger partial charge in [-0.3, -0.25) is 0 Å². The van der Waals surface area contributed by atoms with Crippen molar-refractivity contribution in [2.45, 2.75) is 18.8 Å². The molecular formula is C10H13BrFNO2. The van der Waals surface area contributed by atoms with E-state index in [1.807, 2.05) is 0 Å². The van der Waals surface area contributed by atoms with Crippen LogP contribution in [-0.4, -0.2) is 21.6 Å². The third-order valence-electron chi connectivity index (χ3n) is 2.14. The van der Waals surface area contributed by atoms with Gasteiger partial charge in [-0.2, -0.15) is 0 Å². The molecule has 0 heterocycles. The first-order valence-corrected chi connectivity index (χ1v) is 5.62. The zero-order valence-electron chi connectivity index (χ0n) is 8.03. The number of halogens is 2. The third kappa shape index (κ3) is 2.98. The predicted molar refractivity (Wildman–Crippen MR) is 59.1 cm³/mol. The first-order chi connectivity index (χ1) is 7.10. The maximum atomic E-state index is 13.3. The van der Waals surface area contributed by atoms with Gasteiger partial charge < -0.3 is 15.9 Å². The second-order valence-electron chi connectivity index (χ2n) is 3.23. The third-order valence-corrected chi connectivity index (χ3v) is 2.80. The van der Waals surface area contributed by atoms with Crippen molar-refractivity contribution in [2.24, 2.45) is 5.73 Å². The van der Waals surface area contributed by atoms with E-state index in [0.717, 1.165) is 0 Å². The summed E-state index contributed by atoms with van der Waals surface area (Å²) in [5.41, 5.74) is 6.19. The second kappa shape index (κ2) is 5.55. The second-order valence-corrected chi connectivity index (χ2v) is 3.87. The van der Waals surface area contributed by atoms with Gasteiger partial charge in [0.15, 0.2) is 0 Å². The van der Waals surface area contributed by atoms with Crippen LogP contribution < -0.4 is 5.73 Å². The lowest BCUT2D eigenvalue weighted by molar-refractivity contribution is 0.0319. The van der Waals surface area contributed by atoms with Crippen molar-refractivity contribution in [3.8, 4) is 0 Å². The van der Waals surface area contributed by atoms with Crippen molar-refractivity contribution in [3.05, 3.63) is 35.1 Å². The zero-order valence-corrected chi connectivity index (χ0v) is 9.61. The molecule has 3 nitrogen and oxygen atoms in total. The van der Waals surface area contributed by atoms with Gasteiger partial charge in [0.1, 0.15) is 11.9 Å². The van der Waals surface area contributed by atoms with Gasteiger partial charge in [-0.05, 0) is 17.7 Å². The number of aliphatic hydroxyl groups is 2. The maximum Gasteiger partial charge on any atom is 0.129 e. The lowest BCUT2D eigenvalue weighted by Crippen LogP contribution is -2.20. The Kier molecular flexibility index (Phi) is 4.66. The highest BCUT2D eigenvalue weighted by Gasteiger charge is 2.20. The quantitative estimate of drug-likeness (QED) is 0.722. The Labute approximate surface area is 95.9 Å².